The summed E-state index contributed by atoms with van der Waals surface area (Å²) in [5.74, 6) is 0.389. The third-order valence-electron chi connectivity index (χ3n) is 4.33. The maximum Gasteiger partial charge on any atom is 0.255 e. The van der Waals surface area contributed by atoms with Crippen LogP contribution in [0.4, 0.5) is 11.6 Å². The summed E-state index contributed by atoms with van der Waals surface area (Å²) in [5.41, 5.74) is 2.91. The highest BCUT2D eigenvalue weighted by Gasteiger charge is 2.33. The average Bonchev–Trinajstić information content (AvgIpc) is 3.11. The van der Waals surface area contributed by atoms with Crippen molar-refractivity contribution in [1.82, 2.24) is 14.8 Å². The quantitative estimate of drug-likeness (QED) is 0.618. The van der Waals surface area contributed by atoms with Crippen molar-refractivity contribution in [1.29, 1.82) is 0 Å². The van der Waals surface area contributed by atoms with E-state index in [1.165, 1.54) is 6.33 Å². The maximum absolute atomic E-state index is 13.1. The van der Waals surface area contributed by atoms with E-state index >= 15 is 0 Å². The summed E-state index contributed by atoms with van der Waals surface area (Å²) < 4.78 is 2.68. The van der Waals surface area contributed by atoms with Gasteiger partial charge >= 0.3 is 0 Å². The van der Waals surface area contributed by atoms with E-state index in [0.717, 1.165) is 15.7 Å². The van der Waals surface area contributed by atoms with Crippen LogP contribution < -0.4 is 10.6 Å². The van der Waals surface area contributed by atoms with E-state index in [9.17, 15) is 4.79 Å². The van der Waals surface area contributed by atoms with Crippen molar-refractivity contribution in [2.75, 3.05) is 10.6 Å². The lowest BCUT2D eigenvalue weighted by atomic mass is 9.95. The molecule has 8 heteroatoms. The number of fused-ring (bicyclic) bond motifs is 1. The third kappa shape index (κ3) is 3.48. The molecular weight excluding hydrogens is 430 g/mol. The first-order valence-electron chi connectivity index (χ1n) is 8.22. The Morgan fingerprint density at radius 3 is 2.59 bits per heavy atom. The zero-order chi connectivity index (χ0) is 19.0. The summed E-state index contributed by atoms with van der Waals surface area (Å²) >= 11 is 9.38. The average molecular weight is 445 g/mol. The van der Waals surface area contributed by atoms with Crippen LogP contribution in [0.5, 0.6) is 0 Å². The van der Waals surface area contributed by atoms with Crippen LogP contribution in [0.3, 0.4) is 0 Å². The normalized spacial score (nSPS) is 15.9. The number of amides is 1. The molecule has 1 unspecified atom stereocenters. The molecule has 1 atom stereocenters. The van der Waals surface area contributed by atoms with Gasteiger partial charge in [0.25, 0.3) is 5.91 Å². The minimum Gasteiger partial charge on any atom is -0.328 e. The Morgan fingerprint density at radius 1 is 1.19 bits per heavy atom. The summed E-state index contributed by atoms with van der Waals surface area (Å²) in [4.78, 5) is 17.4. The molecule has 1 aliphatic rings. The molecule has 1 amide bonds. The lowest BCUT2D eigenvalue weighted by Crippen LogP contribution is -2.31. The summed E-state index contributed by atoms with van der Waals surface area (Å²) in [6.07, 6.45) is 1.47. The summed E-state index contributed by atoms with van der Waals surface area (Å²) in [5, 5.41) is 11.0. The van der Waals surface area contributed by atoms with Gasteiger partial charge in [0.15, 0.2) is 0 Å². The maximum atomic E-state index is 13.1. The van der Waals surface area contributed by atoms with Crippen molar-refractivity contribution in [2.24, 2.45) is 0 Å². The molecule has 27 heavy (non-hydrogen) atoms. The number of aromatic nitrogens is 3. The summed E-state index contributed by atoms with van der Waals surface area (Å²) in [6.45, 7) is 1.86. The Kier molecular flexibility index (Phi) is 4.72. The van der Waals surface area contributed by atoms with Gasteiger partial charge in [0.1, 0.15) is 12.4 Å². The second kappa shape index (κ2) is 7.17. The number of carbonyl (C=O) groups excluding carboxylic acids is 1. The zero-order valence-corrected chi connectivity index (χ0v) is 16.6. The molecular formula is C19H15BrClN5O. The minimum atomic E-state index is -0.385. The summed E-state index contributed by atoms with van der Waals surface area (Å²) in [7, 11) is 0. The number of allylic oxidation sites excluding steroid dienone is 1. The zero-order valence-electron chi connectivity index (χ0n) is 14.3. The molecule has 2 heterocycles. The second-order valence-electron chi connectivity index (χ2n) is 6.11. The molecule has 0 bridgehead atoms. The smallest absolute Gasteiger partial charge is 0.255 e. The number of halogens is 2. The first-order valence-corrected chi connectivity index (χ1v) is 9.39. The van der Waals surface area contributed by atoms with Crippen LogP contribution in [0.25, 0.3) is 0 Å². The van der Waals surface area contributed by atoms with E-state index in [1.54, 1.807) is 28.9 Å². The predicted molar refractivity (Wildman–Crippen MR) is 109 cm³/mol. The molecule has 0 saturated heterocycles. The summed E-state index contributed by atoms with van der Waals surface area (Å²) in [6, 6.07) is 14.4. The SMILES string of the molecule is CC1=C(C(=O)Nc2ccc(Cl)cc2)C(c2ccc(Br)cc2)n2ncnc2N1. The lowest BCUT2D eigenvalue weighted by molar-refractivity contribution is -0.113. The van der Waals surface area contributed by atoms with Crippen molar-refractivity contribution >= 4 is 45.1 Å². The van der Waals surface area contributed by atoms with Gasteiger partial charge in [-0.2, -0.15) is 10.1 Å². The number of benzene rings is 2. The Hall–Kier alpha value is -2.64. The second-order valence-corrected chi connectivity index (χ2v) is 7.46. The molecule has 1 aromatic heterocycles. The Bertz CT molecular complexity index is 1030. The van der Waals surface area contributed by atoms with Crippen molar-refractivity contribution in [3.05, 3.63) is 81.2 Å². The van der Waals surface area contributed by atoms with Gasteiger partial charge in [-0.15, -0.1) is 0 Å². The van der Waals surface area contributed by atoms with Gasteiger partial charge in [-0.1, -0.05) is 39.7 Å². The van der Waals surface area contributed by atoms with Crippen LogP contribution in [0, 0.1) is 0 Å². The third-order valence-corrected chi connectivity index (χ3v) is 5.11. The van der Waals surface area contributed by atoms with Crippen LogP contribution >= 0.6 is 27.5 Å². The number of nitrogens with one attached hydrogen (secondary N) is 2. The molecule has 0 spiro atoms. The van der Waals surface area contributed by atoms with Gasteiger partial charge in [-0.3, -0.25) is 4.79 Å². The molecule has 6 nitrogen and oxygen atoms in total. The molecule has 3 aromatic rings. The monoisotopic (exact) mass is 443 g/mol. The molecule has 4 rings (SSSR count). The van der Waals surface area contributed by atoms with Crippen molar-refractivity contribution in [2.45, 2.75) is 13.0 Å². The van der Waals surface area contributed by atoms with Crippen molar-refractivity contribution in [3.63, 3.8) is 0 Å². The van der Waals surface area contributed by atoms with E-state index in [0.29, 0.717) is 22.2 Å². The Labute approximate surface area is 169 Å². The van der Waals surface area contributed by atoms with Crippen LogP contribution in [0.1, 0.15) is 18.5 Å². The molecule has 0 aliphatic carbocycles. The van der Waals surface area contributed by atoms with E-state index in [2.05, 4.69) is 36.6 Å². The number of rotatable bonds is 3. The highest BCUT2D eigenvalue weighted by molar-refractivity contribution is 9.10. The first kappa shape index (κ1) is 17.8. The molecule has 2 N–H and O–H groups in total. The van der Waals surface area contributed by atoms with Crippen LogP contribution in [0.2, 0.25) is 5.02 Å². The Balaban J connectivity index is 1.74. The lowest BCUT2D eigenvalue weighted by Gasteiger charge is -2.28. The molecule has 1 aliphatic heterocycles. The van der Waals surface area contributed by atoms with E-state index in [4.69, 9.17) is 11.6 Å². The number of hydrogen-bond acceptors (Lipinski definition) is 4. The molecule has 0 saturated carbocycles. The fourth-order valence-electron chi connectivity index (χ4n) is 3.07. The first-order chi connectivity index (χ1) is 13.0. The standard InChI is InChI=1S/C19H15BrClN5O/c1-11-16(18(27)25-15-8-6-14(21)7-9-15)17(12-2-4-13(20)5-3-12)26-19(24-11)22-10-23-26/h2-10,17H,1H3,(H,25,27)(H,22,23,24). The van der Waals surface area contributed by atoms with Gasteiger partial charge in [-0.05, 0) is 48.9 Å². The number of carbonyl (C=O) groups is 1. The van der Waals surface area contributed by atoms with Crippen molar-refractivity contribution < 1.29 is 4.79 Å². The van der Waals surface area contributed by atoms with E-state index in [1.807, 2.05) is 31.2 Å². The number of hydrogen-bond donors (Lipinski definition) is 2. The fraction of sp³-hybridized carbons (Fsp3) is 0.105. The fourth-order valence-corrected chi connectivity index (χ4v) is 3.46. The number of anilines is 2. The van der Waals surface area contributed by atoms with Gasteiger partial charge in [0.05, 0.1) is 5.57 Å². The molecule has 0 fully saturated rings. The van der Waals surface area contributed by atoms with Gasteiger partial charge in [0, 0.05) is 20.9 Å². The molecule has 2 aromatic carbocycles. The van der Waals surface area contributed by atoms with E-state index in [-0.39, 0.29) is 11.9 Å². The van der Waals surface area contributed by atoms with Crippen LogP contribution in [-0.2, 0) is 4.79 Å². The van der Waals surface area contributed by atoms with Gasteiger partial charge < -0.3 is 10.6 Å². The van der Waals surface area contributed by atoms with Crippen LogP contribution in [-0.4, -0.2) is 20.7 Å². The number of nitrogens with zero attached hydrogens (tertiary/aromatic N) is 3. The highest BCUT2D eigenvalue weighted by atomic mass is 79.9. The highest BCUT2D eigenvalue weighted by Crippen LogP contribution is 2.35. The molecule has 136 valence electrons. The van der Waals surface area contributed by atoms with Gasteiger partial charge in [0.2, 0.25) is 5.95 Å². The van der Waals surface area contributed by atoms with E-state index < -0.39 is 0 Å². The van der Waals surface area contributed by atoms with Crippen molar-refractivity contribution in [3.8, 4) is 0 Å². The molecule has 0 radical (unpaired) electrons. The van der Waals surface area contributed by atoms with Crippen LogP contribution in [0.15, 0.2) is 70.6 Å². The predicted octanol–water partition coefficient (Wildman–Crippen LogP) is 4.62. The topological polar surface area (TPSA) is 71.8 Å². The minimum absolute atomic E-state index is 0.212. The Morgan fingerprint density at radius 2 is 1.89 bits per heavy atom. The largest absolute Gasteiger partial charge is 0.328 e. The van der Waals surface area contributed by atoms with Gasteiger partial charge in [-0.25, -0.2) is 4.68 Å².